The van der Waals surface area contributed by atoms with Crippen molar-refractivity contribution in [3.05, 3.63) is 59.7 Å². The first-order valence-corrected chi connectivity index (χ1v) is 8.02. The van der Waals surface area contributed by atoms with E-state index in [1.54, 1.807) is 0 Å². The Hall–Kier alpha value is -2.53. The van der Waals surface area contributed by atoms with Crippen LogP contribution in [0.25, 0.3) is 0 Å². The van der Waals surface area contributed by atoms with Crippen LogP contribution in [0.15, 0.2) is 48.5 Å². The van der Waals surface area contributed by atoms with Crippen LogP contribution in [0.1, 0.15) is 23.6 Å². The summed E-state index contributed by atoms with van der Waals surface area (Å²) in [6.45, 7) is 1.97. The van der Waals surface area contributed by atoms with Gasteiger partial charge >= 0.3 is 6.03 Å². The normalized spacial score (nSPS) is 11.7. The Bertz CT molecular complexity index is 672. The molecule has 24 heavy (non-hydrogen) atoms. The number of aryl methyl sites for hydroxylation is 1. The van der Waals surface area contributed by atoms with Crippen molar-refractivity contribution < 1.29 is 9.90 Å². The summed E-state index contributed by atoms with van der Waals surface area (Å²) in [4.78, 5) is 14.3. The van der Waals surface area contributed by atoms with Crippen molar-refractivity contribution in [2.24, 2.45) is 0 Å². The van der Waals surface area contributed by atoms with Crippen LogP contribution in [0.4, 0.5) is 16.2 Å². The second kappa shape index (κ2) is 8.36. The second-order valence-electron chi connectivity index (χ2n) is 5.97. The number of hydrogen-bond acceptors (Lipinski definition) is 3. The van der Waals surface area contributed by atoms with E-state index in [2.05, 4.69) is 10.6 Å². The van der Waals surface area contributed by atoms with Crippen LogP contribution in [0.2, 0.25) is 0 Å². The minimum absolute atomic E-state index is 0.0103. The van der Waals surface area contributed by atoms with E-state index < -0.39 is 0 Å². The van der Waals surface area contributed by atoms with Gasteiger partial charge in [-0.25, -0.2) is 4.79 Å². The number of hydrogen-bond donors (Lipinski definition) is 3. The van der Waals surface area contributed by atoms with Crippen molar-refractivity contribution in [2.75, 3.05) is 30.9 Å². The van der Waals surface area contributed by atoms with Crippen LogP contribution in [0.5, 0.6) is 0 Å². The lowest BCUT2D eigenvalue weighted by atomic mass is 10.0. The average Bonchev–Trinajstić information content (AvgIpc) is 2.57. The molecule has 2 aromatic rings. The van der Waals surface area contributed by atoms with E-state index in [1.807, 2.05) is 74.4 Å². The maximum absolute atomic E-state index is 12.3. The molecule has 0 spiro atoms. The van der Waals surface area contributed by atoms with Gasteiger partial charge < -0.3 is 20.6 Å². The maximum atomic E-state index is 12.3. The van der Waals surface area contributed by atoms with Crippen LogP contribution in [0.3, 0.4) is 0 Å². The van der Waals surface area contributed by atoms with Crippen molar-refractivity contribution in [3.8, 4) is 0 Å². The highest BCUT2D eigenvalue weighted by molar-refractivity contribution is 5.90. The van der Waals surface area contributed by atoms with Gasteiger partial charge in [0, 0.05) is 32.1 Å². The molecule has 0 aromatic heterocycles. The number of nitrogens with zero attached hydrogens (tertiary/aromatic N) is 1. The first kappa shape index (κ1) is 17.8. The summed E-state index contributed by atoms with van der Waals surface area (Å²) in [5, 5.41) is 15.1. The fourth-order valence-corrected chi connectivity index (χ4v) is 2.52. The molecule has 5 nitrogen and oxygen atoms in total. The largest absolute Gasteiger partial charge is 0.396 e. The van der Waals surface area contributed by atoms with Gasteiger partial charge in [0.15, 0.2) is 0 Å². The molecular formula is C19H25N3O2. The van der Waals surface area contributed by atoms with Crippen molar-refractivity contribution in [1.82, 2.24) is 5.32 Å². The van der Waals surface area contributed by atoms with E-state index in [-0.39, 0.29) is 18.7 Å². The van der Waals surface area contributed by atoms with Gasteiger partial charge in [0.25, 0.3) is 0 Å². The first-order chi connectivity index (χ1) is 11.5. The average molecular weight is 327 g/mol. The van der Waals surface area contributed by atoms with Gasteiger partial charge in [-0.05, 0) is 42.7 Å². The molecule has 0 fully saturated rings. The molecule has 1 atom stereocenters. The molecule has 5 heteroatoms. The molecule has 0 aliphatic rings. The lowest BCUT2D eigenvalue weighted by Crippen LogP contribution is -2.33. The number of rotatable bonds is 6. The molecule has 3 N–H and O–H groups in total. The Morgan fingerprint density at radius 2 is 1.88 bits per heavy atom. The minimum Gasteiger partial charge on any atom is -0.396 e. The third-order valence-corrected chi connectivity index (χ3v) is 3.90. The molecule has 128 valence electrons. The Morgan fingerprint density at radius 3 is 2.46 bits per heavy atom. The zero-order valence-corrected chi connectivity index (χ0v) is 14.4. The van der Waals surface area contributed by atoms with Crippen molar-refractivity contribution in [1.29, 1.82) is 0 Å². The van der Waals surface area contributed by atoms with Crippen molar-refractivity contribution in [3.63, 3.8) is 0 Å². The van der Waals surface area contributed by atoms with Crippen molar-refractivity contribution >= 4 is 17.4 Å². The number of benzene rings is 2. The number of aliphatic hydroxyl groups excluding tert-OH is 1. The van der Waals surface area contributed by atoms with Gasteiger partial charge in [-0.1, -0.05) is 30.3 Å². The number of carbonyl (C=O) groups is 1. The van der Waals surface area contributed by atoms with E-state index >= 15 is 0 Å². The molecule has 2 amide bonds. The Balaban J connectivity index is 2.06. The monoisotopic (exact) mass is 327 g/mol. The number of aliphatic hydroxyl groups is 1. The van der Waals surface area contributed by atoms with Gasteiger partial charge in [0.05, 0.1) is 6.04 Å². The standard InChI is InChI=1S/C19H25N3O2/c1-14-13-16(22(2)3)9-10-17(14)20-19(24)21-18(11-12-23)15-7-5-4-6-8-15/h4-10,13,18,23H,11-12H2,1-3H3,(H2,20,21,24)/t18-/m1/s1. The van der Waals surface area contributed by atoms with Gasteiger partial charge in [-0.15, -0.1) is 0 Å². The zero-order chi connectivity index (χ0) is 17.5. The van der Waals surface area contributed by atoms with Crippen LogP contribution >= 0.6 is 0 Å². The molecule has 0 aliphatic carbocycles. The molecule has 0 unspecified atom stereocenters. The Labute approximate surface area is 143 Å². The molecule has 2 rings (SSSR count). The van der Waals surface area contributed by atoms with E-state index in [4.69, 9.17) is 0 Å². The van der Waals surface area contributed by atoms with E-state index in [0.717, 1.165) is 22.5 Å². The maximum Gasteiger partial charge on any atom is 0.319 e. The molecule has 0 aliphatic heterocycles. The highest BCUT2D eigenvalue weighted by Crippen LogP contribution is 2.22. The van der Waals surface area contributed by atoms with E-state index in [1.165, 1.54) is 0 Å². The van der Waals surface area contributed by atoms with Crippen LogP contribution < -0.4 is 15.5 Å². The van der Waals surface area contributed by atoms with Gasteiger partial charge in [0.2, 0.25) is 0 Å². The van der Waals surface area contributed by atoms with Gasteiger partial charge in [-0.3, -0.25) is 0 Å². The summed E-state index contributed by atoms with van der Waals surface area (Å²) in [6.07, 6.45) is 0.468. The SMILES string of the molecule is Cc1cc(N(C)C)ccc1NC(=O)N[C@H](CCO)c1ccccc1. The lowest BCUT2D eigenvalue weighted by molar-refractivity contribution is 0.239. The van der Waals surface area contributed by atoms with Gasteiger partial charge in [0.1, 0.15) is 0 Å². The second-order valence-corrected chi connectivity index (χ2v) is 5.97. The molecule has 2 aromatic carbocycles. The fourth-order valence-electron chi connectivity index (χ4n) is 2.52. The van der Waals surface area contributed by atoms with E-state index in [0.29, 0.717) is 6.42 Å². The zero-order valence-electron chi connectivity index (χ0n) is 14.4. The summed E-state index contributed by atoms with van der Waals surface area (Å²) >= 11 is 0. The van der Waals surface area contributed by atoms with E-state index in [9.17, 15) is 9.90 Å². The summed E-state index contributed by atoms with van der Waals surface area (Å²) in [6, 6.07) is 15.0. The van der Waals surface area contributed by atoms with Crippen LogP contribution in [0, 0.1) is 6.92 Å². The smallest absolute Gasteiger partial charge is 0.319 e. The molecule has 0 saturated carbocycles. The summed E-state index contributed by atoms with van der Waals surface area (Å²) in [5.41, 5.74) is 3.82. The summed E-state index contributed by atoms with van der Waals surface area (Å²) < 4.78 is 0. The third-order valence-electron chi connectivity index (χ3n) is 3.90. The Morgan fingerprint density at radius 1 is 1.17 bits per heavy atom. The molecule has 0 radical (unpaired) electrons. The lowest BCUT2D eigenvalue weighted by Gasteiger charge is -2.20. The third kappa shape index (κ3) is 4.73. The minimum atomic E-state index is -0.280. The number of anilines is 2. The van der Waals surface area contributed by atoms with Gasteiger partial charge in [-0.2, -0.15) is 0 Å². The topological polar surface area (TPSA) is 64.6 Å². The number of carbonyl (C=O) groups excluding carboxylic acids is 1. The fraction of sp³-hybridized carbons (Fsp3) is 0.316. The van der Waals surface area contributed by atoms with Crippen LogP contribution in [-0.2, 0) is 0 Å². The first-order valence-electron chi connectivity index (χ1n) is 8.02. The predicted molar refractivity (Wildman–Crippen MR) is 98.5 cm³/mol. The molecular weight excluding hydrogens is 302 g/mol. The summed E-state index contributed by atoms with van der Waals surface area (Å²) in [5.74, 6) is 0. The molecule has 0 saturated heterocycles. The molecule has 0 bridgehead atoms. The quantitative estimate of drug-likeness (QED) is 0.763. The number of amides is 2. The van der Waals surface area contributed by atoms with Crippen LogP contribution in [-0.4, -0.2) is 31.8 Å². The summed E-state index contributed by atoms with van der Waals surface area (Å²) in [7, 11) is 3.96. The van der Waals surface area contributed by atoms with Crippen molar-refractivity contribution in [2.45, 2.75) is 19.4 Å². The predicted octanol–water partition coefficient (Wildman–Crippen LogP) is 3.31. The number of nitrogens with one attached hydrogen (secondary N) is 2. The highest BCUT2D eigenvalue weighted by Gasteiger charge is 2.14. The Kier molecular flexibility index (Phi) is 6.21. The molecule has 0 heterocycles. The number of urea groups is 1. The highest BCUT2D eigenvalue weighted by atomic mass is 16.3.